The fraction of sp³-hybridized carbons (Fsp3) is 0.389. The molecule has 3 heterocycles. The standard InChI is InChI=1S/C18H20N4O2/c1-12-19-17(24-20-12)13-7-9-22(10-8-13)18(23)16-11-14-5-3-4-6-15(14)21(16)2/h3-6,11,13H,7-10H2,1-2H3. The van der Waals surface area contributed by atoms with E-state index in [4.69, 9.17) is 4.52 Å². The molecule has 0 aliphatic carbocycles. The number of fused-ring (bicyclic) bond motifs is 1. The quantitative estimate of drug-likeness (QED) is 0.727. The second-order valence-electron chi connectivity index (χ2n) is 6.39. The first-order valence-electron chi connectivity index (χ1n) is 8.27. The van der Waals surface area contributed by atoms with Gasteiger partial charge in [0, 0.05) is 37.0 Å². The highest BCUT2D eigenvalue weighted by molar-refractivity contribution is 5.98. The highest BCUT2D eigenvalue weighted by Crippen LogP contribution is 2.28. The third-order valence-electron chi connectivity index (χ3n) is 4.85. The zero-order chi connectivity index (χ0) is 16.7. The summed E-state index contributed by atoms with van der Waals surface area (Å²) >= 11 is 0. The van der Waals surface area contributed by atoms with E-state index in [0.29, 0.717) is 24.8 Å². The van der Waals surface area contributed by atoms with Crippen molar-refractivity contribution >= 4 is 16.8 Å². The monoisotopic (exact) mass is 324 g/mol. The SMILES string of the molecule is Cc1noc(C2CCN(C(=O)c3cc4ccccc4n3C)CC2)n1. The summed E-state index contributed by atoms with van der Waals surface area (Å²) in [6.45, 7) is 3.25. The average molecular weight is 324 g/mol. The minimum atomic E-state index is 0.0915. The Labute approximate surface area is 140 Å². The zero-order valence-electron chi connectivity index (χ0n) is 13.9. The molecule has 0 bridgehead atoms. The van der Waals surface area contributed by atoms with E-state index in [1.54, 1.807) is 0 Å². The molecule has 1 aliphatic rings. The largest absolute Gasteiger partial charge is 0.340 e. The van der Waals surface area contributed by atoms with E-state index in [1.165, 1.54) is 0 Å². The van der Waals surface area contributed by atoms with Gasteiger partial charge in [-0.25, -0.2) is 0 Å². The molecule has 0 saturated carbocycles. The van der Waals surface area contributed by atoms with Crippen molar-refractivity contribution in [2.45, 2.75) is 25.7 Å². The van der Waals surface area contributed by atoms with Crippen LogP contribution in [0.15, 0.2) is 34.9 Å². The number of amides is 1. The van der Waals surface area contributed by atoms with Crippen LogP contribution in [0.25, 0.3) is 10.9 Å². The van der Waals surface area contributed by atoms with Gasteiger partial charge in [-0.3, -0.25) is 4.79 Å². The third-order valence-corrected chi connectivity index (χ3v) is 4.85. The van der Waals surface area contributed by atoms with Gasteiger partial charge in [-0.1, -0.05) is 23.4 Å². The molecule has 0 radical (unpaired) electrons. The van der Waals surface area contributed by atoms with Crippen LogP contribution in [0.3, 0.4) is 0 Å². The maximum absolute atomic E-state index is 12.9. The molecule has 3 aromatic rings. The molecule has 1 fully saturated rings. The van der Waals surface area contributed by atoms with Gasteiger partial charge in [0.25, 0.3) is 5.91 Å². The van der Waals surface area contributed by atoms with Crippen molar-refractivity contribution in [1.82, 2.24) is 19.6 Å². The Bertz CT molecular complexity index is 887. The van der Waals surface area contributed by atoms with Crippen molar-refractivity contribution in [1.29, 1.82) is 0 Å². The lowest BCUT2D eigenvalue weighted by molar-refractivity contribution is 0.0695. The van der Waals surface area contributed by atoms with Gasteiger partial charge in [-0.05, 0) is 31.9 Å². The van der Waals surface area contributed by atoms with Gasteiger partial charge in [0.2, 0.25) is 5.89 Å². The number of hydrogen-bond donors (Lipinski definition) is 0. The molecule has 0 N–H and O–H groups in total. The van der Waals surface area contributed by atoms with Crippen molar-refractivity contribution in [2.75, 3.05) is 13.1 Å². The number of nitrogens with zero attached hydrogens (tertiary/aromatic N) is 4. The molecule has 6 nitrogen and oxygen atoms in total. The molecule has 0 spiro atoms. The van der Waals surface area contributed by atoms with Crippen LogP contribution in [0.2, 0.25) is 0 Å². The fourth-order valence-electron chi connectivity index (χ4n) is 3.46. The summed E-state index contributed by atoms with van der Waals surface area (Å²) in [6.07, 6.45) is 1.72. The lowest BCUT2D eigenvalue weighted by atomic mass is 9.96. The number of carbonyl (C=O) groups excluding carboxylic acids is 1. The molecule has 24 heavy (non-hydrogen) atoms. The molecule has 1 saturated heterocycles. The predicted molar refractivity (Wildman–Crippen MR) is 89.8 cm³/mol. The van der Waals surface area contributed by atoms with Crippen molar-refractivity contribution in [3.05, 3.63) is 47.7 Å². The van der Waals surface area contributed by atoms with Crippen molar-refractivity contribution in [3.63, 3.8) is 0 Å². The number of benzene rings is 1. The Morgan fingerprint density at radius 2 is 2.00 bits per heavy atom. The molecule has 0 unspecified atom stereocenters. The van der Waals surface area contributed by atoms with Crippen LogP contribution >= 0.6 is 0 Å². The normalized spacial score (nSPS) is 16.0. The van der Waals surface area contributed by atoms with Crippen LogP contribution in [0.1, 0.15) is 41.0 Å². The number of carbonyl (C=O) groups is 1. The van der Waals surface area contributed by atoms with E-state index >= 15 is 0 Å². The first kappa shape index (κ1) is 14.9. The van der Waals surface area contributed by atoms with Crippen molar-refractivity contribution in [3.8, 4) is 0 Å². The van der Waals surface area contributed by atoms with Crippen LogP contribution < -0.4 is 0 Å². The molecule has 4 rings (SSSR count). The lowest BCUT2D eigenvalue weighted by Crippen LogP contribution is -2.38. The summed E-state index contributed by atoms with van der Waals surface area (Å²) in [6, 6.07) is 10.0. The molecule has 1 aliphatic heterocycles. The second kappa shape index (κ2) is 5.78. The maximum Gasteiger partial charge on any atom is 0.270 e. The highest BCUT2D eigenvalue weighted by atomic mass is 16.5. The number of para-hydroxylation sites is 1. The lowest BCUT2D eigenvalue weighted by Gasteiger charge is -2.30. The number of hydrogen-bond acceptors (Lipinski definition) is 4. The predicted octanol–water partition coefficient (Wildman–Crippen LogP) is 2.89. The molecule has 1 amide bonds. The fourth-order valence-corrected chi connectivity index (χ4v) is 3.46. The summed E-state index contributed by atoms with van der Waals surface area (Å²) in [5.41, 5.74) is 1.82. The van der Waals surface area contributed by atoms with Crippen LogP contribution in [0, 0.1) is 6.92 Å². The first-order valence-corrected chi connectivity index (χ1v) is 8.27. The van der Waals surface area contributed by atoms with E-state index in [0.717, 1.165) is 29.4 Å². The topological polar surface area (TPSA) is 64.2 Å². The van der Waals surface area contributed by atoms with Crippen molar-refractivity contribution < 1.29 is 9.32 Å². The minimum Gasteiger partial charge on any atom is -0.340 e. The zero-order valence-corrected chi connectivity index (χ0v) is 13.9. The van der Waals surface area contributed by atoms with Crippen LogP contribution in [0.5, 0.6) is 0 Å². The van der Waals surface area contributed by atoms with Gasteiger partial charge in [-0.15, -0.1) is 0 Å². The molecule has 1 aromatic carbocycles. The Hall–Kier alpha value is -2.63. The number of aromatic nitrogens is 3. The Kier molecular flexibility index (Phi) is 3.59. The van der Waals surface area contributed by atoms with E-state index in [9.17, 15) is 4.79 Å². The molecule has 6 heteroatoms. The van der Waals surface area contributed by atoms with Gasteiger partial charge in [-0.2, -0.15) is 4.98 Å². The summed E-state index contributed by atoms with van der Waals surface area (Å²) in [7, 11) is 1.95. The van der Waals surface area contributed by atoms with Gasteiger partial charge < -0.3 is 14.0 Å². The molecular formula is C18H20N4O2. The highest BCUT2D eigenvalue weighted by Gasteiger charge is 2.28. The summed E-state index contributed by atoms with van der Waals surface area (Å²) in [4.78, 5) is 19.1. The molecular weight excluding hydrogens is 304 g/mol. The van der Waals surface area contributed by atoms with Gasteiger partial charge in [0.05, 0.1) is 0 Å². The molecule has 124 valence electrons. The van der Waals surface area contributed by atoms with Crippen LogP contribution in [0.4, 0.5) is 0 Å². The number of piperidine rings is 1. The van der Waals surface area contributed by atoms with E-state index < -0.39 is 0 Å². The van der Waals surface area contributed by atoms with Crippen LogP contribution in [-0.4, -0.2) is 38.6 Å². The van der Waals surface area contributed by atoms with E-state index in [1.807, 2.05) is 53.8 Å². The minimum absolute atomic E-state index is 0.0915. The smallest absolute Gasteiger partial charge is 0.270 e. The second-order valence-corrected chi connectivity index (χ2v) is 6.39. The number of rotatable bonds is 2. The Morgan fingerprint density at radius 3 is 2.67 bits per heavy atom. The number of aryl methyl sites for hydroxylation is 2. The summed E-state index contributed by atoms with van der Waals surface area (Å²) < 4.78 is 7.25. The van der Waals surface area contributed by atoms with E-state index in [-0.39, 0.29) is 11.8 Å². The first-order chi connectivity index (χ1) is 11.6. The molecule has 0 atom stereocenters. The Balaban J connectivity index is 1.50. The Morgan fingerprint density at radius 1 is 1.25 bits per heavy atom. The van der Waals surface area contributed by atoms with E-state index in [2.05, 4.69) is 10.1 Å². The third kappa shape index (κ3) is 2.48. The average Bonchev–Trinajstić information content (AvgIpc) is 3.19. The maximum atomic E-state index is 12.9. The molecule has 2 aromatic heterocycles. The van der Waals surface area contributed by atoms with Crippen molar-refractivity contribution in [2.24, 2.45) is 7.05 Å². The summed E-state index contributed by atoms with van der Waals surface area (Å²) in [5.74, 6) is 1.71. The van der Waals surface area contributed by atoms with Gasteiger partial charge in [0.1, 0.15) is 5.69 Å². The van der Waals surface area contributed by atoms with Gasteiger partial charge >= 0.3 is 0 Å². The van der Waals surface area contributed by atoms with Gasteiger partial charge in [0.15, 0.2) is 5.82 Å². The summed E-state index contributed by atoms with van der Waals surface area (Å²) in [5, 5.41) is 4.96. The van der Waals surface area contributed by atoms with Crippen LogP contribution in [-0.2, 0) is 7.05 Å². The number of likely N-dealkylation sites (tertiary alicyclic amines) is 1.